The molecule has 0 bridgehead atoms. The molecule has 11 heavy (non-hydrogen) atoms. The van der Waals surface area contributed by atoms with E-state index >= 15 is 0 Å². The average Bonchev–Trinajstić information content (AvgIpc) is 2.39. The summed E-state index contributed by atoms with van der Waals surface area (Å²) in [6, 6.07) is 1.87. The predicted octanol–water partition coefficient (Wildman–Crippen LogP) is 0.956. The summed E-state index contributed by atoms with van der Waals surface area (Å²) in [5.41, 5.74) is 0.888. The first-order chi connectivity index (χ1) is 5.11. The van der Waals surface area contributed by atoms with Crippen molar-refractivity contribution in [1.82, 2.24) is 9.78 Å². The number of rotatable bonds is 0. The van der Waals surface area contributed by atoms with Crippen molar-refractivity contribution >= 4 is 0 Å². The lowest BCUT2D eigenvalue weighted by Gasteiger charge is -2.20. The summed E-state index contributed by atoms with van der Waals surface area (Å²) >= 11 is 0. The Morgan fingerprint density at radius 1 is 1.73 bits per heavy atom. The topological polar surface area (TPSA) is 38.0 Å². The number of hydrogen-bond donors (Lipinski definition) is 1. The Hall–Kier alpha value is -0.830. The van der Waals surface area contributed by atoms with E-state index in [1.807, 2.05) is 24.6 Å². The zero-order valence-corrected chi connectivity index (χ0v) is 6.78. The van der Waals surface area contributed by atoms with Gasteiger partial charge in [-0.3, -0.25) is 4.68 Å². The third-order valence-electron chi connectivity index (χ3n) is 2.33. The van der Waals surface area contributed by atoms with Gasteiger partial charge in [0.05, 0.1) is 5.69 Å². The number of aliphatic hydroxyl groups is 1. The Morgan fingerprint density at radius 2 is 2.45 bits per heavy atom. The molecule has 0 saturated carbocycles. The van der Waals surface area contributed by atoms with Crippen LogP contribution in [-0.2, 0) is 6.54 Å². The fourth-order valence-corrected chi connectivity index (χ4v) is 1.58. The molecule has 1 aromatic rings. The van der Waals surface area contributed by atoms with Crippen LogP contribution in [0.1, 0.15) is 25.6 Å². The Bertz CT molecular complexity index is 277. The van der Waals surface area contributed by atoms with Crippen LogP contribution in [0.3, 0.4) is 0 Å². The molecule has 3 heteroatoms. The normalized spacial score (nSPS) is 27.0. The van der Waals surface area contributed by atoms with E-state index in [2.05, 4.69) is 5.10 Å². The molecule has 1 atom stereocenters. The summed E-state index contributed by atoms with van der Waals surface area (Å²) in [5, 5.41) is 13.8. The number of aromatic nitrogens is 2. The minimum absolute atomic E-state index is 0.0520. The maximum absolute atomic E-state index is 9.74. The van der Waals surface area contributed by atoms with E-state index in [-0.39, 0.29) is 11.5 Å². The van der Waals surface area contributed by atoms with Crippen LogP contribution < -0.4 is 0 Å². The Labute approximate surface area is 65.7 Å². The molecule has 0 aromatic carbocycles. The quantitative estimate of drug-likeness (QED) is 0.601. The first-order valence-corrected chi connectivity index (χ1v) is 3.81. The summed E-state index contributed by atoms with van der Waals surface area (Å²) < 4.78 is 1.87. The van der Waals surface area contributed by atoms with E-state index in [0.717, 1.165) is 12.2 Å². The molecule has 0 fully saturated rings. The molecule has 0 saturated heterocycles. The molecule has 3 nitrogen and oxygen atoms in total. The second-order valence-electron chi connectivity index (χ2n) is 3.80. The highest BCUT2D eigenvalue weighted by Gasteiger charge is 2.38. The Morgan fingerprint density at radius 3 is 3.09 bits per heavy atom. The monoisotopic (exact) mass is 152 g/mol. The molecule has 1 aromatic heterocycles. The molecule has 2 heterocycles. The van der Waals surface area contributed by atoms with Crippen LogP contribution in [0.5, 0.6) is 0 Å². The summed E-state index contributed by atoms with van der Waals surface area (Å²) in [5.74, 6) is 0. The summed E-state index contributed by atoms with van der Waals surface area (Å²) in [4.78, 5) is 0. The minimum Gasteiger partial charge on any atom is -0.386 e. The molecular weight excluding hydrogens is 140 g/mol. The Balaban J connectivity index is 2.45. The largest absolute Gasteiger partial charge is 0.386 e. The standard InChI is InChI=1S/C8H12N2O/c1-8(2)5-10-6(7(8)11)3-4-9-10/h3-4,7,11H,5H2,1-2H3. The van der Waals surface area contributed by atoms with Crippen LogP contribution in [0.4, 0.5) is 0 Å². The average molecular weight is 152 g/mol. The van der Waals surface area contributed by atoms with Crippen molar-refractivity contribution in [3.63, 3.8) is 0 Å². The molecular formula is C8H12N2O. The second-order valence-corrected chi connectivity index (χ2v) is 3.80. The maximum Gasteiger partial charge on any atom is 0.102 e. The minimum atomic E-state index is -0.356. The van der Waals surface area contributed by atoms with Gasteiger partial charge in [0, 0.05) is 18.2 Å². The van der Waals surface area contributed by atoms with E-state index in [1.165, 1.54) is 0 Å². The number of nitrogens with zero attached hydrogens (tertiary/aromatic N) is 2. The van der Waals surface area contributed by atoms with E-state index in [4.69, 9.17) is 0 Å². The Kier molecular flexibility index (Phi) is 1.16. The number of aliphatic hydroxyl groups excluding tert-OH is 1. The molecule has 0 spiro atoms. The molecule has 1 N–H and O–H groups in total. The van der Waals surface area contributed by atoms with Crippen molar-refractivity contribution in [2.75, 3.05) is 0 Å². The van der Waals surface area contributed by atoms with Gasteiger partial charge in [0.25, 0.3) is 0 Å². The smallest absolute Gasteiger partial charge is 0.102 e. The van der Waals surface area contributed by atoms with Crippen molar-refractivity contribution < 1.29 is 5.11 Å². The fraction of sp³-hybridized carbons (Fsp3) is 0.625. The molecule has 1 aliphatic rings. The second kappa shape index (κ2) is 1.85. The summed E-state index contributed by atoms with van der Waals surface area (Å²) in [6.07, 6.45) is 1.37. The molecule has 1 unspecified atom stereocenters. The first kappa shape index (κ1) is 6.85. The third-order valence-corrected chi connectivity index (χ3v) is 2.33. The first-order valence-electron chi connectivity index (χ1n) is 3.81. The van der Waals surface area contributed by atoms with Gasteiger partial charge in [-0.2, -0.15) is 5.10 Å². The van der Waals surface area contributed by atoms with Crippen LogP contribution in [0, 0.1) is 5.41 Å². The predicted molar refractivity (Wildman–Crippen MR) is 41.0 cm³/mol. The van der Waals surface area contributed by atoms with E-state index < -0.39 is 0 Å². The molecule has 0 amide bonds. The molecule has 0 radical (unpaired) electrons. The van der Waals surface area contributed by atoms with Crippen molar-refractivity contribution in [3.05, 3.63) is 18.0 Å². The van der Waals surface area contributed by atoms with Gasteiger partial charge in [-0.05, 0) is 6.07 Å². The fourth-order valence-electron chi connectivity index (χ4n) is 1.58. The van der Waals surface area contributed by atoms with Crippen LogP contribution in [0.15, 0.2) is 12.3 Å². The van der Waals surface area contributed by atoms with Gasteiger partial charge >= 0.3 is 0 Å². The zero-order valence-electron chi connectivity index (χ0n) is 6.78. The van der Waals surface area contributed by atoms with E-state index in [1.54, 1.807) is 6.20 Å². The van der Waals surface area contributed by atoms with E-state index in [0.29, 0.717) is 0 Å². The lowest BCUT2D eigenvalue weighted by atomic mass is 9.88. The van der Waals surface area contributed by atoms with Crippen molar-refractivity contribution in [2.24, 2.45) is 5.41 Å². The molecule has 2 rings (SSSR count). The van der Waals surface area contributed by atoms with Gasteiger partial charge in [0.15, 0.2) is 0 Å². The van der Waals surface area contributed by atoms with Crippen molar-refractivity contribution in [2.45, 2.75) is 26.5 Å². The molecule has 60 valence electrons. The van der Waals surface area contributed by atoms with Crippen LogP contribution in [0.25, 0.3) is 0 Å². The lowest BCUT2D eigenvalue weighted by molar-refractivity contribution is 0.0645. The summed E-state index contributed by atoms with van der Waals surface area (Å²) in [7, 11) is 0. The van der Waals surface area contributed by atoms with Gasteiger partial charge in [0.1, 0.15) is 6.10 Å². The summed E-state index contributed by atoms with van der Waals surface area (Å²) in [6.45, 7) is 4.91. The van der Waals surface area contributed by atoms with Gasteiger partial charge in [0.2, 0.25) is 0 Å². The van der Waals surface area contributed by atoms with Gasteiger partial charge < -0.3 is 5.11 Å². The molecule has 0 aliphatic carbocycles. The lowest BCUT2D eigenvalue weighted by Crippen LogP contribution is -2.18. The van der Waals surface area contributed by atoms with Crippen LogP contribution >= 0.6 is 0 Å². The molecule has 1 aliphatic heterocycles. The van der Waals surface area contributed by atoms with Gasteiger partial charge in [-0.25, -0.2) is 0 Å². The highest BCUT2D eigenvalue weighted by atomic mass is 16.3. The SMILES string of the molecule is CC1(C)Cn2nccc2C1O. The van der Waals surface area contributed by atoms with Crippen molar-refractivity contribution in [1.29, 1.82) is 0 Å². The number of hydrogen-bond acceptors (Lipinski definition) is 2. The van der Waals surface area contributed by atoms with Crippen LogP contribution in [0.2, 0.25) is 0 Å². The third kappa shape index (κ3) is 0.807. The maximum atomic E-state index is 9.74. The van der Waals surface area contributed by atoms with Crippen molar-refractivity contribution in [3.8, 4) is 0 Å². The van der Waals surface area contributed by atoms with Crippen LogP contribution in [-0.4, -0.2) is 14.9 Å². The van der Waals surface area contributed by atoms with E-state index in [9.17, 15) is 5.11 Å². The van der Waals surface area contributed by atoms with Gasteiger partial charge in [-0.1, -0.05) is 13.8 Å². The highest BCUT2D eigenvalue weighted by molar-refractivity contribution is 5.12. The zero-order chi connectivity index (χ0) is 8.06. The van der Waals surface area contributed by atoms with Gasteiger partial charge in [-0.15, -0.1) is 0 Å². The number of fused-ring (bicyclic) bond motifs is 1. The highest BCUT2D eigenvalue weighted by Crippen LogP contribution is 2.40.